The Labute approximate surface area is 163 Å². The first kappa shape index (κ1) is 18.7. The van der Waals surface area contributed by atoms with Crippen molar-refractivity contribution in [2.45, 2.75) is 24.3 Å². The van der Waals surface area contributed by atoms with E-state index in [1.54, 1.807) is 13.2 Å². The molecule has 0 aliphatic rings. The zero-order chi connectivity index (χ0) is 19.1. The summed E-state index contributed by atoms with van der Waals surface area (Å²) in [7, 11) is 1.62. The van der Waals surface area contributed by atoms with Crippen LogP contribution in [0.15, 0.2) is 59.8 Å². The second-order valence-electron chi connectivity index (χ2n) is 5.72. The third kappa shape index (κ3) is 5.22. The summed E-state index contributed by atoms with van der Waals surface area (Å²) >= 11 is 1.52. The Morgan fingerprint density at radius 3 is 2.63 bits per heavy atom. The van der Waals surface area contributed by atoms with Gasteiger partial charge in [0.2, 0.25) is 5.88 Å². The van der Waals surface area contributed by atoms with E-state index in [0.717, 1.165) is 23.4 Å². The normalized spacial score (nSPS) is 10.3. The van der Waals surface area contributed by atoms with Crippen LogP contribution in [0.25, 0.3) is 0 Å². The van der Waals surface area contributed by atoms with Gasteiger partial charge in [-0.3, -0.25) is 0 Å². The summed E-state index contributed by atoms with van der Waals surface area (Å²) in [6, 6.07) is 19.0. The average molecular weight is 377 g/mol. The number of benzene rings is 2. The van der Waals surface area contributed by atoms with Gasteiger partial charge in [-0.25, -0.2) is 4.98 Å². The molecule has 1 heterocycles. The first-order valence-corrected chi connectivity index (χ1v) is 9.50. The van der Waals surface area contributed by atoms with Crippen LogP contribution < -0.4 is 9.47 Å². The molecule has 0 bridgehead atoms. The van der Waals surface area contributed by atoms with Gasteiger partial charge in [0.15, 0.2) is 5.16 Å². The molecule has 6 heteroatoms. The molecular formula is C21H19N3O2S. The van der Waals surface area contributed by atoms with Crippen LogP contribution in [0.2, 0.25) is 0 Å². The molecule has 0 saturated heterocycles. The van der Waals surface area contributed by atoms with E-state index >= 15 is 0 Å². The molecule has 3 aromatic rings. The van der Waals surface area contributed by atoms with Crippen LogP contribution in [0.3, 0.4) is 0 Å². The maximum atomic E-state index is 9.02. The van der Waals surface area contributed by atoms with Crippen molar-refractivity contribution in [1.29, 1.82) is 5.26 Å². The van der Waals surface area contributed by atoms with Crippen LogP contribution in [-0.2, 0) is 12.2 Å². The minimum Gasteiger partial charge on any atom is -0.497 e. The summed E-state index contributed by atoms with van der Waals surface area (Å²) in [6.07, 6.45) is 0.786. The molecule has 0 N–H and O–H groups in total. The molecule has 0 spiro atoms. The molecule has 2 aromatic carbocycles. The van der Waals surface area contributed by atoms with Crippen LogP contribution in [0.1, 0.15) is 23.7 Å². The first-order chi connectivity index (χ1) is 13.2. The molecule has 1 aromatic heterocycles. The molecule has 0 fully saturated rings. The number of aryl methyl sites for hydroxylation is 1. The highest BCUT2D eigenvalue weighted by molar-refractivity contribution is 7.98. The minimum absolute atomic E-state index is 0.503. The molecule has 0 atom stereocenters. The predicted molar refractivity (Wildman–Crippen MR) is 105 cm³/mol. The van der Waals surface area contributed by atoms with Gasteiger partial charge in [0.1, 0.15) is 11.5 Å². The van der Waals surface area contributed by atoms with Gasteiger partial charge in [0.05, 0.1) is 18.7 Å². The summed E-state index contributed by atoms with van der Waals surface area (Å²) < 4.78 is 11.1. The Kier molecular flexibility index (Phi) is 6.29. The van der Waals surface area contributed by atoms with Crippen LogP contribution in [0.4, 0.5) is 0 Å². The summed E-state index contributed by atoms with van der Waals surface area (Å²) in [6.45, 7) is 2.04. The topological polar surface area (TPSA) is 68.0 Å². The van der Waals surface area contributed by atoms with Gasteiger partial charge in [-0.2, -0.15) is 10.2 Å². The fourth-order valence-electron chi connectivity index (χ4n) is 2.41. The molecule has 0 unspecified atom stereocenters. The van der Waals surface area contributed by atoms with E-state index in [-0.39, 0.29) is 0 Å². The van der Waals surface area contributed by atoms with Gasteiger partial charge in [0, 0.05) is 23.6 Å². The van der Waals surface area contributed by atoms with E-state index in [1.165, 1.54) is 11.8 Å². The second-order valence-corrected chi connectivity index (χ2v) is 6.66. The second kappa shape index (κ2) is 9.06. The van der Waals surface area contributed by atoms with Gasteiger partial charge in [-0.05, 0) is 36.2 Å². The number of thioether (sulfide) groups is 1. The maximum absolute atomic E-state index is 9.02. The van der Waals surface area contributed by atoms with Gasteiger partial charge in [0.25, 0.3) is 0 Å². The van der Waals surface area contributed by atoms with Crippen molar-refractivity contribution in [2.75, 3.05) is 7.11 Å². The molecule has 0 saturated carbocycles. The lowest BCUT2D eigenvalue weighted by atomic mass is 10.2. The van der Waals surface area contributed by atoms with Crippen molar-refractivity contribution >= 4 is 11.8 Å². The number of nitriles is 1. The average Bonchev–Trinajstić information content (AvgIpc) is 2.72. The van der Waals surface area contributed by atoms with Crippen molar-refractivity contribution in [3.8, 4) is 23.4 Å². The standard InChI is InChI=1S/C21H19N3O2S/c1-3-17-11-20(26-19-9-5-8-18(12-19)25-2)24-21(23-17)27-14-16-7-4-6-15(10-16)13-22/h4-12H,3,14H2,1-2H3. The van der Waals surface area contributed by atoms with E-state index in [4.69, 9.17) is 14.7 Å². The lowest BCUT2D eigenvalue weighted by molar-refractivity contribution is 0.406. The van der Waals surface area contributed by atoms with Gasteiger partial charge in [-0.1, -0.05) is 36.9 Å². The Bertz CT molecular complexity index is 970. The van der Waals surface area contributed by atoms with Gasteiger partial charge in [-0.15, -0.1) is 0 Å². The Morgan fingerprint density at radius 1 is 1.04 bits per heavy atom. The molecule has 5 nitrogen and oxygen atoms in total. The number of hydrogen-bond acceptors (Lipinski definition) is 6. The number of methoxy groups -OCH3 is 1. The first-order valence-electron chi connectivity index (χ1n) is 8.52. The smallest absolute Gasteiger partial charge is 0.223 e. The van der Waals surface area contributed by atoms with E-state index in [2.05, 4.69) is 16.0 Å². The fraction of sp³-hybridized carbons (Fsp3) is 0.190. The maximum Gasteiger partial charge on any atom is 0.223 e. The summed E-state index contributed by atoms with van der Waals surface area (Å²) in [5, 5.41) is 9.67. The molecule has 136 valence electrons. The zero-order valence-corrected chi connectivity index (χ0v) is 16.0. The third-order valence-electron chi connectivity index (χ3n) is 3.79. The molecule has 0 radical (unpaired) electrons. The van der Waals surface area contributed by atoms with Crippen molar-refractivity contribution in [2.24, 2.45) is 0 Å². The lowest BCUT2D eigenvalue weighted by Gasteiger charge is -2.09. The number of nitrogens with zero attached hydrogens (tertiary/aromatic N) is 3. The molecule has 0 amide bonds. The SMILES string of the molecule is CCc1cc(Oc2cccc(OC)c2)nc(SCc2cccc(C#N)c2)n1. The van der Waals surface area contributed by atoms with Crippen LogP contribution >= 0.6 is 11.8 Å². The number of hydrogen-bond donors (Lipinski definition) is 0. The lowest BCUT2D eigenvalue weighted by Crippen LogP contribution is -1.97. The van der Waals surface area contributed by atoms with Crippen LogP contribution in [0.5, 0.6) is 17.4 Å². The highest BCUT2D eigenvalue weighted by Crippen LogP contribution is 2.27. The van der Waals surface area contributed by atoms with Crippen molar-refractivity contribution in [3.05, 3.63) is 71.4 Å². The molecule has 27 heavy (non-hydrogen) atoms. The molecule has 3 rings (SSSR count). The van der Waals surface area contributed by atoms with Crippen LogP contribution in [-0.4, -0.2) is 17.1 Å². The van der Waals surface area contributed by atoms with Crippen molar-refractivity contribution in [3.63, 3.8) is 0 Å². The van der Waals surface area contributed by atoms with Crippen molar-refractivity contribution in [1.82, 2.24) is 9.97 Å². The quantitative estimate of drug-likeness (QED) is 0.426. The Morgan fingerprint density at radius 2 is 1.85 bits per heavy atom. The zero-order valence-electron chi connectivity index (χ0n) is 15.2. The van der Waals surface area contributed by atoms with E-state index in [1.807, 2.05) is 55.5 Å². The molecule has 0 aliphatic carbocycles. The van der Waals surface area contributed by atoms with E-state index in [0.29, 0.717) is 28.1 Å². The van der Waals surface area contributed by atoms with E-state index in [9.17, 15) is 0 Å². The van der Waals surface area contributed by atoms with Crippen LogP contribution in [0, 0.1) is 11.3 Å². The summed E-state index contributed by atoms with van der Waals surface area (Å²) in [5.41, 5.74) is 2.62. The summed E-state index contributed by atoms with van der Waals surface area (Å²) in [5.74, 6) is 2.57. The fourth-order valence-corrected chi connectivity index (χ4v) is 3.22. The largest absolute Gasteiger partial charge is 0.497 e. The molecular weight excluding hydrogens is 358 g/mol. The number of rotatable bonds is 7. The van der Waals surface area contributed by atoms with E-state index < -0.39 is 0 Å². The number of ether oxygens (including phenoxy) is 2. The highest BCUT2D eigenvalue weighted by atomic mass is 32.2. The predicted octanol–water partition coefficient (Wildman–Crippen LogP) is 5.00. The summed E-state index contributed by atoms with van der Waals surface area (Å²) in [4.78, 5) is 9.08. The molecule has 0 aliphatic heterocycles. The Balaban J connectivity index is 1.77. The number of aromatic nitrogens is 2. The van der Waals surface area contributed by atoms with Gasteiger partial charge < -0.3 is 9.47 Å². The Hall–Kier alpha value is -3.04. The third-order valence-corrected chi connectivity index (χ3v) is 4.70. The van der Waals surface area contributed by atoms with Crippen molar-refractivity contribution < 1.29 is 9.47 Å². The monoisotopic (exact) mass is 377 g/mol. The van der Waals surface area contributed by atoms with Gasteiger partial charge >= 0.3 is 0 Å². The highest BCUT2D eigenvalue weighted by Gasteiger charge is 2.08. The minimum atomic E-state index is 0.503.